The van der Waals surface area contributed by atoms with Crippen LogP contribution in [0.25, 0.3) is 0 Å². The zero-order valence-corrected chi connectivity index (χ0v) is 12.7. The summed E-state index contributed by atoms with van der Waals surface area (Å²) in [5, 5.41) is 17.6. The molecule has 0 radical (unpaired) electrons. The molecule has 118 valence electrons. The maximum Gasteiger partial charge on any atom is 0.306 e. The van der Waals surface area contributed by atoms with Crippen LogP contribution in [-0.2, 0) is 14.8 Å². The smallest absolute Gasteiger partial charge is 0.306 e. The standard InChI is InChI=1S/C13H19NO6S/c1-13(2,9-15)14-21(18,19)11-5-3-10(4-6-11)20-8-7-12(16)17/h3-6,14-15H,7-9H2,1-2H3,(H,16,17). The number of aliphatic hydroxyl groups is 1. The van der Waals surface area contributed by atoms with Gasteiger partial charge in [0.1, 0.15) is 5.75 Å². The van der Waals surface area contributed by atoms with Gasteiger partial charge in [0.2, 0.25) is 10.0 Å². The van der Waals surface area contributed by atoms with Gasteiger partial charge in [-0.1, -0.05) is 0 Å². The summed E-state index contributed by atoms with van der Waals surface area (Å²) in [5.74, 6) is -0.582. The number of ether oxygens (including phenoxy) is 1. The molecule has 0 aliphatic carbocycles. The molecular formula is C13H19NO6S. The molecule has 0 aromatic heterocycles. The van der Waals surface area contributed by atoms with Gasteiger partial charge in [0.05, 0.1) is 30.1 Å². The number of carboxylic acids is 1. The van der Waals surface area contributed by atoms with Crippen molar-refractivity contribution in [3.63, 3.8) is 0 Å². The Bertz CT molecular complexity index is 579. The van der Waals surface area contributed by atoms with Gasteiger partial charge >= 0.3 is 5.97 Å². The lowest BCUT2D eigenvalue weighted by molar-refractivity contribution is -0.137. The zero-order valence-electron chi connectivity index (χ0n) is 11.9. The van der Waals surface area contributed by atoms with Crippen LogP contribution in [0.3, 0.4) is 0 Å². The Morgan fingerprint density at radius 1 is 1.29 bits per heavy atom. The normalized spacial score (nSPS) is 12.1. The predicted octanol–water partition coefficient (Wildman–Crippen LogP) is 0.589. The number of benzene rings is 1. The van der Waals surface area contributed by atoms with Gasteiger partial charge in [0, 0.05) is 0 Å². The summed E-state index contributed by atoms with van der Waals surface area (Å²) in [6.45, 7) is 2.81. The van der Waals surface area contributed by atoms with Crippen LogP contribution >= 0.6 is 0 Å². The minimum atomic E-state index is -3.74. The Labute approximate surface area is 123 Å². The van der Waals surface area contributed by atoms with E-state index < -0.39 is 21.5 Å². The second-order valence-electron chi connectivity index (χ2n) is 5.11. The monoisotopic (exact) mass is 317 g/mol. The minimum Gasteiger partial charge on any atom is -0.493 e. The maximum absolute atomic E-state index is 12.1. The lowest BCUT2D eigenvalue weighted by atomic mass is 10.1. The molecule has 0 saturated heterocycles. The molecule has 0 bridgehead atoms. The van der Waals surface area contributed by atoms with Crippen LogP contribution in [0.1, 0.15) is 20.3 Å². The molecule has 0 fully saturated rings. The van der Waals surface area contributed by atoms with Gasteiger partial charge in [-0.15, -0.1) is 0 Å². The average Bonchev–Trinajstić information content (AvgIpc) is 2.38. The number of aliphatic hydroxyl groups excluding tert-OH is 1. The number of carboxylic acid groups (broad SMARTS) is 1. The van der Waals surface area contributed by atoms with E-state index in [0.717, 1.165) is 0 Å². The minimum absolute atomic E-state index is 0.0111. The Morgan fingerprint density at radius 2 is 1.86 bits per heavy atom. The molecule has 7 nitrogen and oxygen atoms in total. The molecule has 8 heteroatoms. The third-order valence-corrected chi connectivity index (χ3v) is 4.24. The summed E-state index contributed by atoms with van der Waals surface area (Å²) in [4.78, 5) is 10.4. The van der Waals surface area contributed by atoms with Crippen LogP contribution in [0.5, 0.6) is 5.75 Å². The summed E-state index contributed by atoms with van der Waals surface area (Å²) >= 11 is 0. The van der Waals surface area contributed by atoms with E-state index in [1.165, 1.54) is 24.3 Å². The van der Waals surface area contributed by atoms with Crippen molar-refractivity contribution in [3.8, 4) is 5.75 Å². The van der Waals surface area contributed by atoms with Crippen molar-refractivity contribution in [2.45, 2.75) is 30.7 Å². The largest absolute Gasteiger partial charge is 0.493 e. The average molecular weight is 317 g/mol. The highest BCUT2D eigenvalue weighted by Crippen LogP contribution is 2.17. The highest BCUT2D eigenvalue weighted by atomic mass is 32.2. The zero-order chi connectivity index (χ0) is 16.1. The number of hydrogen-bond donors (Lipinski definition) is 3. The first-order valence-electron chi connectivity index (χ1n) is 6.26. The first-order valence-corrected chi connectivity index (χ1v) is 7.74. The van der Waals surface area contributed by atoms with Crippen LogP contribution in [0.2, 0.25) is 0 Å². The van der Waals surface area contributed by atoms with Crippen LogP contribution in [-0.4, -0.2) is 43.4 Å². The van der Waals surface area contributed by atoms with Gasteiger partial charge in [-0.2, -0.15) is 0 Å². The highest BCUT2D eigenvalue weighted by Gasteiger charge is 2.25. The molecule has 3 N–H and O–H groups in total. The van der Waals surface area contributed by atoms with Crippen LogP contribution in [0, 0.1) is 0 Å². The van der Waals surface area contributed by atoms with Crippen molar-refractivity contribution in [2.75, 3.05) is 13.2 Å². The molecule has 0 amide bonds. The predicted molar refractivity (Wildman–Crippen MR) is 75.7 cm³/mol. The van der Waals surface area contributed by atoms with Crippen LogP contribution in [0.15, 0.2) is 29.2 Å². The number of carbonyl (C=O) groups is 1. The molecule has 0 heterocycles. The number of rotatable bonds is 8. The fourth-order valence-corrected chi connectivity index (χ4v) is 2.83. The van der Waals surface area contributed by atoms with Crippen molar-refractivity contribution in [2.24, 2.45) is 0 Å². The molecule has 0 aliphatic rings. The summed E-state index contributed by atoms with van der Waals surface area (Å²) < 4.78 is 31.7. The molecule has 21 heavy (non-hydrogen) atoms. The van der Waals surface area contributed by atoms with E-state index >= 15 is 0 Å². The van der Waals surface area contributed by atoms with Crippen LogP contribution < -0.4 is 9.46 Å². The number of hydrogen-bond acceptors (Lipinski definition) is 5. The molecule has 0 aliphatic heterocycles. The van der Waals surface area contributed by atoms with E-state index in [0.29, 0.717) is 5.75 Å². The number of sulfonamides is 1. The van der Waals surface area contributed by atoms with Gasteiger partial charge in [0.15, 0.2) is 0 Å². The Kier molecular flexibility index (Phi) is 5.70. The SMILES string of the molecule is CC(C)(CO)NS(=O)(=O)c1ccc(OCCC(=O)O)cc1. The van der Waals surface area contributed by atoms with Crippen molar-refractivity contribution in [3.05, 3.63) is 24.3 Å². The van der Waals surface area contributed by atoms with Crippen molar-refractivity contribution < 1.29 is 28.2 Å². The maximum atomic E-state index is 12.1. The molecule has 0 atom stereocenters. The molecule has 1 rings (SSSR count). The summed E-state index contributed by atoms with van der Waals surface area (Å²) in [7, 11) is -3.74. The Hall–Kier alpha value is -1.64. The van der Waals surface area contributed by atoms with Gasteiger partial charge in [0.25, 0.3) is 0 Å². The Balaban J connectivity index is 2.75. The van der Waals surface area contributed by atoms with E-state index in [2.05, 4.69) is 4.72 Å². The third kappa shape index (κ3) is 5.70. The molecule has 0 unspecified atom stereocenters. The van der Waals surface area contributed by atoms with Gasteiger partial charge < -0.3 is 14.9 Å². The highest BCUT2D eigenvalue weighted by molar-refractivity contribution is 7.89. The van der Waals surface area contributed by atoms with Gasteiger partial charge in [-0.3, -0.25) is 4.79 Å². The van der Waals surface area contributed by atoms with Crippen LogP contribution in [0.4, 0.5) is 0 Å². The first-order chi connectivity index (χ1) is 9.66. The second kappa shape index (κ2) is 6.88. The molecule has 0 saturated carbocycles. The fourth-order valence-electron chi connectivity index (χ4n) is 1.43. The molecule has 1 aromatic carbocycles. The summed E-state index contributed by atoms with van der Waals surface area (Å²) in [6.07, 6.45) is -0.133. The van der Waals surface area contributed by atoms with Crippen molar-refractivity contribution in [1.82, 2.24) is 4.72 Å². The lowest BCUT2D eigenvalue weighted by Gasteiger charge is -2.23. The molecule has 0 spiro atoms. The van der Waals surface area contributed by atoms with E-state index in [1.54, 1.807) is 13.8 Å². The summed E-state index contributed by atoms with van der Waals surface area (Å²) in [6, 6.07) is 5.60. The molecule has 1 aromatic rings. The third-order valence-electron chi connectivity index (χ3n) is 2.52. The number of aliphatic carboxylic acids is 1. The molecular weight excluding hydrogens is 298 g/mol. The van der Waals surface area contributed by atoms with E-state index in [9.17, 15) is 13.2 Å². The first kappa shape index (κ1) is 17.4. The van der Waals surface area contributed by atoms with Crippen molar-refractivity contribution >= 4 is 16.0 Å². The van der Waals surface area contributed by atoms with Gasteiger partial charge in [-0.25, -0.2) is 13.1 Å². The van der Waals surface area contributed by atoms with E-state index in [1.807, 2.05) is 0 Å². The van der Waals surface area contributed by atoms with E-state index in [-0.39, 0.29) is 24.5 Å². The topological polar surface area (TPSA) is 113 Å². The van der Waals surface area contributed by atoms with Crippen molar-refractivity contribution in [1.29, 1.82) is 0 Å². The quantitative estimate of drug-likeness (QED) is 0.647. The number of nitrogens with one attached hydrogen (secondary N) is 1. The summed E-state index contributed by atoms with van der Waals surface area (Å²) in [5.41, 5.74) is -0.963. The van der Waals surface area contributed by atoms with Gasteiger partial charge in [-0.05, 0) is 38.1 Å². The fraction of sp³-hybridized carbons (Fsp3) is 0.462. The second-order valence-corrected chi connectivity index (χ2v) is 6.79. The van der Waals surface area contributed by atoms with E-state index in [4.69, 9.17) is 14.9 Å². The lowest BCUT2D eigenvalue weighted by Crippen LogP contribution is -2.46. The Morgan fingerprint density at radius 3 is 2.33 bits per heavy atom.